The molecule has 0 amide bonds. The fourth-order valence-corrected chi connectivity index (χ4v) is 2.87. The molecule has 5 atom stereocenters. The molecular weight excluding hydrogens is 308 g/mol. The van der Waals surface area contributed by atoms with E-state index >= 15 is 0 Å². The average Bonchev–Trinajstić information content (AvgIpc) is 2.44. The van der Waals surface area contributed by atoms with Crippen molar-refractivity contribution in [2.75, 3.05) is 18.6 Å². The number of hydrogen-bond donors (Lipinski definition) is 3. The molecule has 9 heteroatoms. The molecule has 2 heterocycles. The number of anilines is 1. The van der Waals surface area contributed by atoms with E-state index in [2.05, 4.69) is 10.3 Å². The third-order valence-electron chi connectivity index (χ3n) is 3.19. The van der Waals surface area contributed by atoms with Crippen LogP contribution < -0.4 is 5.32 Å². The van der Waals surface area contributed by atoms with Gasteiger partial charge >= 0.3 is 6.18 Å². The topological polar surface area (TPSA) is 74.6 Å². The van der Waals surface area contributed by atoms with Crippen molar-refractivity contribution in [1.29, 1.82) is 0 Å². The van der Waals surface area contributed by atoms with Crippen LogP contribution in [0.15, 0.2) is 18.2 Å². The maximum atomic E-state index is 12.6. The first kappa shape index (κ1) is 16.4. The van der Waals surface area contributed by atoms with Crippen LogP contribution in [-0.2, 0) is 10.9 Å². The van der Waals surface area contributed by atoms with Gasteiger partial charge in [-0.05, 0) is 18.8 Å². The lowest BCUT2D eigenvalue weighted by atomic mass is 10.0. The number of rotatable bonds is 3. The number of hydrogen-bond acceptors (Lipinski definition) is 5. The van der Waals surface area contributed by atoms with Gasteiger partial charge in [0.15, 0.2) is 0 Å². The van der Waals surface area contributed by atoms with Crippen LogP contribution in [0.3, 0.4) is 0 Å². The number of alkyl halides is 3. The molecule has 118 valence electrons. The summed E-state index contributed by atoms with van der Waals surface area (Å²) in [6.45, 7) is 1.92. The summed E-state index contributed by atoms with van der Waals surface area (Å²) in [4.78, 5) is 3.45. The summed E-state index contributed by atoms with van der Waals surface area (Å²) in [5, 5.41) is 22.5. The van der Waals surface area contributed by atoms with Crippen LogP contribution in [0.1, 0.15) is 5.69 Å². The number of aliphatic hydroxyl groups is 2. The molecule has 0 radical (unpaired) electrons. The second-order valence-electron chi connectivity index (χ2n) is 4.68. The molecule has 3 N–H and O–H groups in total. The largest absolute Gasteiger partial charge is 0.433 e. The summed E-state index contributed by atoms with van der Waals surface area (Å²) in [7, 11) is 0.297. The lowest BCUT2D eigenvalue weighted by molar-refractivity contribution is -0.141. The van der Waals surface area contributed by atoms with Crippen LogP contribution in [-0.4, -0.2) is 52.6 Å². The van der Waals surface area contributed by atoms with E-state index in [9.17, 15) is 23.4 Å². The highest BCUT2D eigenvalue weighted by Gasteiger charge is 2.38. The molecule has 0 aromatic carbocycles. The lowest BCUT2D eigenvalue weighted by Gasteiger charge is -2.37. The van der Waals surface area contributed by atoms with Gasteiger partial charge in [-0.25, -0.2) is 4.98 Å². The van der Waals surface area contributed by atoms with Crippen molar-refractivity contribution in [3.8, 4) is 0 Å². The summed E-state index contributed by atoms with van der Waals surface area (Å²) in [5.41, 5.74) is -1.02. The molecule has 1 fully saturated rings. The smallest absolute Gasteiger partial charge is 0.388 e. The highest BCUT2D eigenvalue weighted by Crippen LogP contribution is 2.30. The van der Waals surface area contributed by atoms with Crippen molar-refractivity contribution in [1.82, 2.24) is 4.98 Å². The Morgan fingerprint density at radius 3 is 2.67 bits per heavy atom. The molecule has 1 aromatic heterocycles. The Morgan fingerprint density at radius 1 is 1.33 bits per heavy atom. The van der Waals surface area contributed by atoms with E-state index in [1.807, 2.05) is 6.66 Å². The second kappa shape index (κ2) is 6.44. The Morgan fingerprint density at radius 2 is 2.05 bits per heavy atom. The summed E-state index contributed by atoms with van der Waals surface area (Å²) in [5.74, 6) is -0.477. The first-order valence-corrected chi connectivity index (χ1v) is 7.86. The van der Waals surface area contributed by atoms with Crippen molar-refractivity contribution in [2.45, 2.75) is 30.3 Å². The highest BCUT2D eigenvalue weighted by atomic mass is 31.1. The van der Waals surface area contributed by atoms with Gasteiger partial charge in [0.2, 0.25) is 0 Å². The predicted molar refractivity (Wildman–Crippen MR) is 72.6 cm³/mol. The molecular formula is C12H16F3N2O3P. The molecule has 0 spiro atoms. The van der Waals surface area contributed by atoms with Crippen LogP contribution in [0, 0.1) is 0 Å². The van der Waals surface area contributed by atoms with E-state index in [4.69, 9.17) is 4.74 Å². The van der Waals surface area contributed by atoms with Gasteiger partial charge in [0.25, 0.3) is 0 Å². The monoisotopic (exact) mass is 324 g/mol. The summed E-state index contributed by atoms with van der Waals surface area (Å²) >= 11 is 0. The first-order chi connectivity index (χ1) is 9.82. The number of pyridine rings is 1. The second-order valence-corrected chi connectivity index (χ2v) is 5.83. The molecule has 0 bridgehead atoms. The van der Waals surface area contributed by atoms with Gasteiger partial charge in [0.05, 0.1) is 12.6 Å². The number of nitrogens with one attached hydrogen (secondary N) is 1. The van der Waals surface area contributed by atoms with Gasteiger partial charge in [0.1, 0.15) is 29.6 Å². The number of aromatic nitrogens is 1. The predicted octanol–water partition coefficient (Wildman–Crippen LogP) is 1.27. The number of aliphatic hydroxyl groups excluding tert-OH is 2. The van der Waals surface area contributed by atoms with Crippen molar-refractivity contribution in [3.05, 3.63) is 23.9 Å². The normalized spacial score (nSPS) is 30.8. The zero-order chi connectivity index (χ0) is 15.6. The van der Waals surface area contributed by atoms with Gasteiger partial charge in [-0.15, -0.1) is 0 Å². The van der Waals surface area contributed by atoms with E-state index < -0.39 is 36.0 Å². The van der Waals surface area contributed by atoms with E-state index in [0.29, 0.717) is 8.58 Å². The third-order valence-corrected chi connectivity index (χ3v) is 4.26. The van der Waals surface area contributed by atoms with Crippen LogP contribution >= 0.6 is 8.58 Å². The molecule has 1 saturated heterocycles. The highest BCUT2D eigenvalue weighted by molar-refractivity contribution is 7.37. The third kappa shape index (κ3) is 3.83. The molecule has 5 unspecified atom stereocenters. The van der Waals surface area contributed by atoms with Crippen molar-refractivity contribution in [3.63, 3.8) is 0 Å². The summed E-state index contributed by atoms with van der Waals surface area (Å²) < 4.78 is 43.1. The van der Waals surface area contributed by atoms with Crippen LogP contribution in [0.25, 0.3) is 0 Å². The molecule has 21 heavy (non-hydrogen) atoms. The Hall–Kier alpha value is -0.950. The molecule has 1 aromatic rings. The molecule has 1 aliphatic heterocycles. The first-order valence-electron chi connectivity index (χ1n) is 6.28. The zero-order valence-corrected chi connectivity index (χ0v) is 12.1. The minimum atomic E-state index is -4.53. The Labute approximate surface area is 121 Å². The summed E-state index contributed by atoms with van der Waals surface area (Å²) in [6.07, 6.45) is -6.74. The van der Waals surface area contributed by atoms with E-state index in [0.717, 1.165) is 6.07 Å². The molecule has 5 nitrogen and oxygen atoms in total. The van der Waals surface area contributed by atoms with Crippen molar-refractivity contribution >= 4 is 14.4 Å². The fourth-order valence-electron chi connectivity index (χ4n) is 2.07. The lowest BCUT2D eigenvalue weighted by Crippen LogP contribution is -2.54. The SMILES string of the molecule is CPC1OCC(Nc2cccc(C(F)(F)F)n2)C(O)C1O. The van der Waals surface area contributed by atoms with Gasteiger partial charge in [0, 0.05) is 0 Å². The molecule has 0 aliphatic carbocycles. The Bertz CT molecular complexity index is 489. The fraction of sp³-hybridized carbons (Fsp3) is 0.583. The van der Waals surface area contributed by atoms with E-state index in [1.54, 1.807) is 0 Å². The Kier molecular flexibility index (Phi) is 5.03. The molecule has 2 rings (SSSR count). The van der Waals surface area contributed by atoms with E-state index in [1.165, 1.54) is 12.1 Å². The zero-order valence-electron chi connectivity index (χ0n) is 11.1. The maximum absolute atomic E-state index is 12.6. The van der Waals surface area contributed by atoms with Crippen LogP contribution in [0.2, 0.25) is 0 Å². The quantitative estimate of drug-likeness (QED) is 0.730. The Balaban J connectivity index is 2.08. The van der Waals surface area contributed by atoms with E-state index in [-0.39, 0.29) is 12.4 Å². The van der Waals surface area contributed by atoms with Gasteiger partial charge in [-0.2, -0.15) is 13.2 Å². The summed E-state index contributed by atoms with van der Waals surface area (Å²) in [6, 6.07) is 2.73. The maximum Gasteiger partial charge on any atom is 0.433 e. The minimum Gasteiger partial charge on any atom is -0.388 e. The van der Waals surface area contributed by atoms with Crippen LogP contribution in [0.5, 0.6) is 0 Å². The average molecular weight is 324 g/mol. The van der Waals surface area contributed by atoms with Gasteiger partial charge in [-0.1, -0.05) is 14.6 Å². The van der Waals surface area contributed by atoms with Crippen molar-refractivity contribution in [2.24, 2.45) is 0 Å². The number of ether oxygens (including phenoxy) is 1. The van der Waals surface area contributed by atoms with Gasteiger partial charge < -0.3 is 20.3 Å². The number of halogens is 3. The van der Waals surface area contributed by atoms with Crippen molar-refractivity contribution < 1.29 is 28.1 Å². The molecule has 1 aliphatic rings. The molecule has 0 saturated carbocycles. The minimum absolute atomic E-state index is 0.0259. The van der Waals surface area contributed by atoms with Crippen LogP contribution in [0.4, 0.5) is 19.0 Å². The standard InChI is InChI=1S/C12H16F3N2O3P/c1-21-11-10(19)9(18)6(5-20-11)16-8-4-2-3-7(17-8)12(13,14)15/h2-4,6,9-11,18-19,21H,5H2,1H3,(H,16,17). The van der Waals surface area contributed by atoms with Gasteiger partial charge in [-0.3, -0.25) is 0 Å². The number of nitrogens with zero attached hydrogens (tertiary/aromatic N) is 1.